The summed E-state index contributed by atoms with van der Waals surface area (Å²) in [6.45, 7) is 1.52. The molecule has 7 heteroatoms. The van der Waals surface area contributed by atoms with Crippen LogP contribution >= 0.6 is 0 Å². The zero-order valence-electron chi connectivity index (χ0n) is 9.28. The van der Waals surface area contributed by atoms with Gasteiger partial charge in [-0.05, 0) is 19.1 Å². The molecule has 0 amide bonds. The average Bonchev–Trinajstić information content (AvgIpc) is 2.71. The van der Waals surface area contributed by atoms with Crippen LogP contribution in [0.3, 0.4) is 0 Å². The molecule has 0 spiro atoms. The molecule has 0 unspecified atom stereocenters. The van der Waals surface area contributed by atoms with Crippen molar-refractivity contribution in [3.8, 4) is 11.5 Å². The highest BCUT2D eigenvalue weighted by Gasteiger charge is 2.17. The highest BCUT2D eigenvalue weighted by atomic mass is 16.6. The van der Waals surface area contributed by atoms with Crippen molar-refractivity contribution in [3.05, 3.63) is 45.8 Å². The lowest BCUT2D eigenvalue weighted by atomic mass is 10.2. The number of carboxylic acid groups (broad SMARTS) is 1. The SMILES string of the molecule is Cc1nc(-c2ccc([N+](=O)[O-])cc2)oc1C(=O)O. The van der Waals surface area contributed by atoms with Crippen LogP contribution in [0.4, 0.5) is 5.69 Å². The van der Waals surface area contributed by atoms with E-state index in [9.17, 15) is 14.9 Å². The zero-order chi connectivity index (χ0) is 13.3. The fraction of sp³-hybridized carbons (Fsp3) is 0.0909. The number of hydrogen-bond donors (Lipinski definition) is 1. The summed E-state index contributed by atoms with van der Waals surface area (Å²) in [5.74, 6) is -1.31. The molecule has 0 bridgehead atoms. The monoisotopic (exact) mass is 248 g/mol. The van der Waals surface area contributed by atoms with Crippen LogP contribution in [0.5, 0.6) is 0 Å². The maximum Gasteiger partial charge on any atom is 0.373 e. The Labute approximate surface area is 101 Å². The van der Waals surface area contributed by atoms with Crippen LogP contribution in [0, 0.1) is 17.0 Å². The van der Waals surface area contributed by atoms with Gasteiger partial charge >= 0.3 is 5.97 Å². The third-order valence-electron chi connectivity index (χ3n) is 2.32. The highest BCUT2D eigenvalue weighted by Crippen LogP contribution is 2.23. The van der Waals surface area contributed by atoms with E-state index in [1.54, 1.807) is 0 Å². The number of rotatable bonds is 3. The molecule has 1 heterocycles. The first-order valence-electron chi connectivity index (χ1n) is 4.94. The molecule has 0 atom stereocenters. The van der Waals surface area contributed by atoms with E-state index in [0.717, 1.165) is 0 Å². The Hall–Kier alpha value is -2.70. The molecular weight excluding hydrogens is 240 g/mol. The van der Waals surface area contributed by atoms with Gasteiger partial charge in [0.05, 0.1) is 10.6 Å². The summed E-state index contributed by atoms with van der Waals surface area (Å²) in [6.07, 6.45) is 0. The number of benzene rings is 1. The predicted molar refractivity (Wildman–Crippen MR) is 60.3 cm³/mol. The van der Waals surface area contributed by atoms with Crippen LogP contribution < -0.4 is 0 Å². The minimum atomic E-state index is -1.20. The minimum Gasteiger partial charge on any atom is -0.475 e. The van der Waals surface area contributed by atoms with Gasteiger partial charge in [0.25, 0.3) is 5.69 Å². The van der Waals surface area contributed by atoms with Gasteiger partial charge in [-0.15, -0.1) is 0 Å². The fourth-order valence-corrected chi connectivity index (χ4v) is 1.44. The Morgan fingerprint density at radius 2 is 2.00 bits per heavy atom. The molecule has 0 aliphatic heterocycles. The Bertz CT molecular complexity index is 615. The van der Waals surface area contributed by atoms with Crippen LogP contribution in [-0.2, 0) is 0 Å². The Morgan fingerprint density at radius 3 is 2.44 bits per heavy atom. The average molecular weight is 248 g/mol. The van der Waals surface area contributed by atoms with Crippen LogP contribution in [0.25, 0.3) is 11.5 Å². The largest absolute Gasteiger partial charge is 0.475 e. The molecule has 92 valence electrons. The van der Waals surface area contributed by atoms with E-state index in [1.165, 1.54) is 31.2 Å². The lowest BCUT2D eigenvalue weighted by Gasteiger charge is -1.94. The van der Waals surface area contributed by atoms with Crippen molar-refractivity contribution < 1.29 is 19.2 Å². The standard InChI is InChI=1S/C11H8N2O5/c1-6-9(11(14)15)18-10(12-6)7-2-4-8(5-3-7)13(16)17/h2-5H,1H3,(H,14,15). The number of carbonyl (C=O) groups is 1. The number of nitro groups is 1. The van der Waals surface area contributed by atoms with Crippen molar-refractivity contribution in [1.82, 2.24) is 4.98 Å². The molecule has 0 saturated carbocycles. The summed E-state index contributed by atoms with van der Waals surface area (Å²) >= 11 is 0. The maximum atomic E-state index is 10.8. The summed E-state index contributed by atoms with van der Waals surface area (Å²) in [7, 11) is 0. The van der Waals surface area contributed by atoms with Gasteiger partial charge in [0.2, 0.25) is 11.7 Å². The number of aromatic carboxylic acids is 1. The predicted octanol–water partition coefficient (Wildman–Crippen LogP) is 2.26. The van der Waals surface area contributed by atoms with Crippen molar-refractivity contribution in [2.45, 2.75) is 6.92 Å². The van der Waals surface area contributed by atoms with Crippen LogP contribution in [0.15, 0.2) is 28.7 Å². The van der Waals surface area contributed by atoms with Gasteiger partial charge in [0.15, 0.2) is 0 Å². The lowest BCUT2D eigenvalue weighted by Crippen LogP contribution is -1.95. The van der Waals surface area contributed by atoms with Crippen molar-refractivity contribution in [1.29, 1.82) is 0 Å². The molecule has 18 heavy (non-hydrogen) atoms. The smallest absolute Gasteiger partial charge is 0.373 e. The number of aromatic nitrogens is 1. The second-order valence-corrected chi connectivity index (χ2v) is 3.54. The van der Waals surface area contributed by atoms with Gasteiger partial charge in [0.1, 0.15) is 0 Å². The third-order valence-corrected chi connectivity index (χ3v) is 2.32. The number of carboxylic acids is 1. The van der Waals surface area contributed by atoms with Crippen molar-refractivity contribution in [2.75, 3.05) is 0 Å². The van der Waals surface area contributed by atoms with Gasteiger partial charge in [-0.1, -0.05) is 0 Å². The molecule has 2 rings (SSSR count). The van der Waals surface area contributed by atoms with Crippen LogP contribution in [0.2, 0.25) is 0 Å². The fourth-order valence-electron chi connectivity index (χ4n) is 1.44. The van der Waals surface area contributed by atoms with Gasteiger partial charge in [0, 0.05) is 17.7 Å². The van der Waals surface area contributed by atoms with E-state index in [2.05, 4.69) is 4.98 Å². The lowest BCUT2D eigenvalue weighted by molar-refractivity contribution is -0.384. The molecule has 0 radical (unpaired) electrons. The quantitative estimate of drug-likeness (QED) is 0.659. The Morgan fingerprint density at radius 1 is 1.39 bits per heavy atom. The van der Waals surface area contributed by atoms with Gasteiger partial charge in [-0.25, -0.2) is 9.78 Å². The number of nitrogens with zero attached hydrogens (tertiary/aromatic N) is 2. The summed E-state index contributed by atoms with van der Waals surface area (Å²) in [5, 5.41) is 19.3. The molecule has 0 aliphatic rings. The molecule has 0 saturated heterocycles. The Balaban J connectivity index is 2.40. The first-order valence-corrected chi connectivity index (χ1v) is 4.94. The van der Waals surface area contributed by atoms with E-state index < -0.39 is 10.9 Å². The number of non-ortho nitro benzene ring substituents is 1. The van der Waals surface area contributed by atoms with E-state index in [1.807, 2.05) is 0 Å². The van der Waals surface area contributed by atoms with E-state index >= 15 is 0 Å². The van der Waals surface area contributed by atoms with Crippen molar-refractivity contribution in [2.24, 2.45) is 0 Å². The first-order chi connectivity index (χ1) is 8.49. The molecular formula is C11H8N2O5. The van der Waals surface area contributed by atoms with E-state index in [-0.39, 0.29) is 23.0 Å². The van der Waals surface area contributed by atoms with Gasteiger partial charge in [-0.3, -0.25) is 10.1 Å². The third kappa shape index (κ3) is 2.05. The molecule has 7 nitrogen and oxygen atoms in total. The number of hydrogen-bond acceptors (Lipinski definition) is 5. The summed E-state index contributed by atoms with van der Waals surface area (Å²) < 4.78 is 5.08. The number of nitro benzene ring substituents is 1. The minimum absolute atomic E-state index is 0.0551. The molecule has 1 aromatic heterocycles. The molecule has 1 N–H and O–H groups in total. The van der Waals surface area contributed by atoms with Crippen LogP contribution in [-0.4, -0.2) is 21.0 Å². The topological polar surface area (TPSA) is 106 Å². The first kappa shape index (κ1) is 11.8. The second kappa shape index (κ2) is 4.28. The molecule has 1 aromatic carbocycles. The van der Waals surface area contributed by atoms with Gasteiger partial charge in [-0.2, -0.15) is 0 Å². The van der Waals surface area contributed by atoms with Gasteiger partial charge < -0.3 is 9.52 Å². The maximum absolute atomic E-state index is 10.8. The number of oxazole rings is 1. The molecule has 2 aromatic rings. The highest BCUT2D eigenvalue weighted by molar-refractivity contribution is 5.86. The number of aryl methyl sites for hydroxylation is 1. The summed E-state index contributed by atoms with van der Waals surface area (Å²) in [5.41, 5.74) is 0.688. The summed E-state index contributed by atoms with van der Waals surface area (Å²) in [4.78, 5) is 24.7. The van der Waals surface area contributed by atoms with Crippen LogP contribution in [0.1, 0.15) is 16.2 Å². The van der Waals surface area contributed by atoms with E-state index in [4.69, 9.17) is 9.52 Å². The van der Waals surface area contributed by atoms with Crippen molar-refractivity contribution in [3.63, 3.8) is 0 Å². The Kier molecular flexibility index (Phi) is 2.80. The van der Waals surface area contributed by atoms with Crippen molar-refractivity contribution >= 4 is 11.7 Å². The molecule has 0 fully saturated rings. The zero-order valence-corrected chi connectivity index (χ0v) is 9.28. The second-order valence-electron chi connectivity index (χ2n) is 3.54. The van der Waals surface area contributed by atoms with E-state index in [0.29, 0.717) is 5.56 Å². The normalized spacial score (nSPS) is 10.3. The summed E-state index contributed by atoms with van der Waals surface area (Å²) in [6, 6.07) is 5.51. The molecule has 0 aliphatic carbocycles.